The van der Waals surface area contributed by atoms with Gasteiger partial charge in [-0.25, -0.2) is 0 Å². The molecule has 0 fully saturated rings. The van der Waals surface area contributed by atoms with Gasteiger partial charge >= 0.3 is 0 Å². The van der Waals surface area contributed by atoms with Crippen molar-refractivity contribution in [3.05, 3.63) is 22.4 Å². The van der Waals surface area contributed by atoms with Gasteiger partial charge in [0, 0.05) is 17.9 Å². The molecule has 1 atom stereocenters. The van der Waals surface area contributed by atoms with Crippen molar-refractivity contribution in [3.8, 4) is 0 Å². The molecule has 74 valence electrons. The molecule has 1 heterocycles. The van der Waals surface area contributed by atoms with Crippen molar-refractivity contribution in [3.63, 3.8) is 0 Å². The molecule has 1 aromatic heterocycles. The molecule has 3 heteroatoms. The maximum atomic E-state index is 9.65. The highest BCUT2D eigenvalue weighted by molar-refractivity contribution is 7.10. The average Bonchev–Trinajstić information content (AvgIpc) is 2.55. The van der Waals surface area contributed by atoms with Gasteiger partial charge in [-0.05, 0) is 25.3 Å². The smallest absolute Gasteiger partial charge is 0.0903 e. The molecule has 0 saturated heterocycles. The van der Waals surface area contributed by atoms with Crippen LogP contribution in [0.15, 0.2) is 17.5 Å². The largest absolute Gasteiger partial charge is 0.387 e. The van der Waals surface area contributed by atoms with Crippen LogP contribution < -0.4 is 0 Å². The van der Waals surface area contributed by atoms with E-state index in [-0.39, 0.29) is 12.2 Å². The molecule has 1 rings (SSSR count). The lowest BCUT2D eigenvalue weighted by Crippen LogP contribution is -2.07. The van der Waals surface area contributed by atoms with Gasteiger partial charge in [0.15, 0.2) is 0 Å². The summed E-state index contributed by atoms with van der Waals surface area (Å²) in [6.07, 6.45) is 0.563. The Hall–Kier alpha value is -0.380. The number of aliphatic hydroxyl groups excluding tert-OH is 1. The molecule has 0 aliphatic heterocycles. The standard InChI is InChI=1S/C10H16O2S/c1-8(2)12-6-5-9(11)10-4-3-7-13-10/h3-4,7-9,11H,5-6H2,1-2H3. The van der Waals surface area contributed by atoms with E-state index in [9.17, 15) is 5.11 Å². The van der Waals surface area contributed by atoms with Gasteiger partial charge < -0.3 is 9.84 Å². The van der Waals surface area contributed by atoms with E-state index in [2.05, 4.69) is 0 Å². The number of ether oxygens (including phenoxy) is 1. The maximum absolute atomic E-state index is 9.65. The van der Waals surface area contributed by atoms with E-state index >= 15 is 0 Å². The molecular weight excluding hydrogens is 184 g/mol. The molecule has 1 aromatic rings. The van der Waals surface area contributed by atoms with E-state index in [1.54, 1.807) is 11.3 Å². The van der Waals surface area contributed by atoms with E-state index in [4.69, 9.17) is 4.74 Å². The summed E-state index contributed by atoms with van der Waals surface area (Å²) < 4.78 is 5.36. The predicted molar refractivity (Wildman–Crippen MR) is 55.0 cm³/mol. The van der Waals surface area contributed by atoms with E-state index in [0.29, 0.717) is 13.0 Å². The van der Waals surface area contributed by atoms with Gasteiger partial charge in [0.05, 0.1) is 12.2 Å². The average molecular weight is 200 g/mol. The van der Waals surface area contributed by atoms with Crippen LogP contribution in [0.2, 0.25) is 0 Å². The van der Waals surface area contributed by atoms with Crippen LogP contribution in [-0.2, 0) is 4.74 Å². The third-order valence-electron chi connectivity index (χ3n) is 1.71. The summed E-state index contributed by atoms with van der Waals surface area (Å²) in [4.78, 5) is 1.02. The first kappa shape index (κ1) is 10.7. The normalized spacial score (nSPS) is 13.5. The van der Waals surface area contributed by atoms with Gasteiger partial charge in [0.2, 0.25) is 0 Å². The van der Waals surface area contributed by atoms with E-state index < -0.39 is 0 Å². The zero-order valence-electron chi connectivity index (χ0n) is 8.06. The van der Waals surface area contributed by atoms with Gasteiger partial charge in [0.1, 0.15) is 0 Å². The Morgan fingerprint density at radius 1 is 1.54 bits per heavy atom. The molecule has 1 N–H and O–H groups in total. The van der Waals surface area contributed by atoms with Crippen LogP contribution in [-0.4, -0.2) is 17.8 Å². The second-order valence-electron chi connectivity index (χ2n) is 3.24. The lowest BCUT2D eigenvalue weighted by molar-refractivity contribution is 0.0474. The van der Waals surface area contributed by atoms with Gasteiger partial charge in [-0.15, -0.1) is 11.3 Å². The molecule has 0 radical (unpaired) electrons. The first-order valence-corrected chi connectivity index (χ1v) is 5.41. The predicted octanol–water partition coefficient (Wildman–Crippen LogP) is 2.60. The van der Waals surface area contributed by atoms with Crippen LogP contribution in [0.4, 0.5) is 0 Å². The van der Waals surface area contributed by atoms with Crippen LogP contribution in [0.3, 0.4) is 0 Å². The SMILES string of the molecule is CC(C)OCCC(O)c1cccs1. The third kappa shape index (κ3) is 3.89. The summed E-state index contributed by atoms with van der Waals surface area (Å²) in [7, 11) is 0. The maximum Gasteiger partial charge on any atom is 0.0903 e. The first-order valence-electron chi connectivity index (χ1n) is 4.53. The minimum absolute atomic E-state index is 0.246. The zero-order chi connectivity index (χ0) is 9.68. The molecule has 0 aliphatic rings. The highest BCUT2D eigenvalue weighted by Gasteiger charge is 2.07. The molecule has 0 bridgehead atoms. The number of hydrogen-bond acceptors (Lipinski definition) is 3. The lowest BCUT2D eigenvalue weighted by atomic mass is 10.2. The van der Waals surface area contributed by atoms with Crippen molar-refractivity contribution in [2.75, 3.05) is 6.61 Å². The molecular formula is C10H16O2S. The Bertz CT molecular complexity index is 219. The van der Waals surface area contributed by atoms with Crippen LogP contribution in [0.25, 0.3) is 0 Å². The Balaban J connectivity index is 2.22. The fourth-order valence-electron chi connectivity index (χ4n) is 1.04. The summed E-state index contributed by atoms with van der Waals surface area (Å²) in [6, 6.07) is 3.90. The summed E-state index contributed by atoms with van der Waals surface area (Å²) >= 11 is 1.58. The summed E-state index contributed by atoms with van der Waals surface area (Å²) in [5, 5.41) is 11.6. The Labute approximate surface area is 83.2 Å². The summed E-state index contributed by atoms with van der Waals surface area (Å²) in [5.74, 6) is 0. The quantitative estimate of drug-likeness (QED) is 0.791. The highest BCUT2D eigenvalue weighted by atomic mass is 32.1. The number of aliphatic hydroxyl groups is 1. The summed E-state index contributed by atoms with van der Waals surface area (Å²) in [6.45, 7) is 4.62. The molecule has 0 saturated carbocycles. The number of rotatable bonds is 5. The molecule has 0 aliphatic carbocycles. The van der Waals surface area contributed by atoms with Crippen LogP contribution in [0.1, 0.15) is 31.2 Å². The van der Waals surface area contributed by atoms with Crippen molar-refractivity contribution in [2.45, 2.75) is 32.5 Å². The first-order chi connectivity index (χ1) is 6.20. The van der Waals surface area contributed by atoms with Crippen molar-refractivity contribution >= 4 is 11.3 Å². The lowest BCUT2D eigenvalue weighted by Gasteiger charge is -2.10. The summed E-state index contributed by atoms with van der Waals surface area (Å²) in [5.41, 5.74) is 0. The van der Waals surface area contributed by atoms with Gasteiger partial charge in [-0.1, -0.05) is 6.07 Å². The molecule has 0 spiro atoms. The minimum Gasteiger partial charge on any atom is -0.387 e. The fourth-order valence-corrected chi connectivity index (χ4v) is 1.78. The Morgan fingerprint density at radius 3 is 2.85 bits per heavy atom. The highest BCUT2D eigenvalue weighted by Crippen LogP contribution is 2.21. The molecule has 13 heavy (non-hydrogen) atoms. The van der Waals surface area contributed by atoms with Crippen LogP contribution >= 0.6 is 11.3 Å². The molecule has 0 aromatic carbocycles. The molecule has 2 nitrogen and oxygen atoms in total. The second-order valence-corrected chi connectivity index (χ2v) is 4.22. The van der Waals surface area contributed by atoms with Crippen molar-refractivity contribution in [1.82, 2.24) is 0 Å². The van der Waals surface area contributed by atoms with Gasteiger partial charge in [-0.2, -0.15) is 0 Å². The second kappa shape index (κ2) is 5.37. The topological polar surface area (TPSA) is 29.5 Å². The van der Waals surface area contributed by atoms with Gasteiger partial charge in [0.25, 0.3) is 0 Å². The zero-order valence-corrected chi connectivity index (χ0v) is 8.88. The number of thiophene rings is 1. The van der Waals surface area contributed by atoms with Crippen molar-refractivity contribution < 1.29 is 9.84 Å². The molecule has 1 unspecified atom stereocenters. The van der Waals surface area contributed by atoms with Crippen LogP contribution in [0.5, 0.6) is 0 Å². The Kier molecular flexibility index (Phi) is 4.42. The molecule has 0 amide bonds. The van der Waals surface area contributed by atoms with E-state index in [0.717, 1.165) is 4.88 Å². The third-order valence-corrected chi connectivity index (χ3v) is 2.69. The minimum atomic E-state index is -0.362. The van der Waals surface area contributed by atoms with E-state index in [1.165, 1.54) is 0 Å². The fraction of sp³-hybridized carbons (Fsp3) is 0.600. The van der Waals surface area contributed by atoms with Crippen molar-refractivity contribution in [2.24, 2.45) is 0 Å². The van der Waals surface area contributed by atoms with Crippen molar-refractivity contribution in [1.29, 1.82) is 0 Å². The Morgan fingerprint density at radius 2 is 2.31 bits per heavy atom. The number of hydrogen-bond donors (Lipinski definition) is 1. The van der Waals surface area contributed by atoms with E-state index in [1.807, 2.05) is 31.4 Å². The van der Waals surface area contributed by atoms with Crippen LogP contribution in [0, 0.1) is 0 Å². The monoisotopic (exact) mass is 200 g/mol. The van der Waals surface area contributed by atoms with Gasteiger partial charge in [-0.3, -0.25) is 0 Å².